The van der Waals surface area contributed by atoms with Crippen LogP contribution in [0.4, 0.5) is 10.5 Å². The molecule has 8 heteroatoms. The summed E-state index contributed by atoms with van der Waals surface area (Å²) in [5, 5.41) is 13.1. The number of carbonyl (C=O) groups is 3. The van der Waals surface area contributed by atoms with Crippen molar-refractivity contribution < 1.29 is 19.5 Å². The highest BCUT2D eigenvalue weighted by Crippen LogP contribution is 2.26. The van der Waals surface area contributed by atoms with Crippen molar-refractivity contribution in [3.05, 3.63) is 30.3 Å². The van der Waals surface area contributed by atoms with Crippen LogP contribution in [-0.4, -0.2) is 64.0 Å². The third-order valence-electron chi connectivity index (χ3n) is 5.06. The third kappa shape index (κ3) is 3.65. The predicted molar refractivity (Wildman–Crippen MR) is 95.1 cm³/mol. The largest absolute Gasteiger partial charge is 0.378 e. The number of urea groups is 1. The minimum atomic E-state index is -1.69. The summed E-state index contributed by atoms with van der Waals surface area (Å²) in [7, 11) is 0. The third-order valence-corrected chi connectivity index (χ3v) is 5.06. The van der Waals surface area contributed by atoms with Crippen molar-refractivity contribution in [2.75, 3.05) is 25.0 Å². The van der Waals surface area contributed by atoms with Crippen molar-refractivity contribution in [2.45, 2.75) is 37.3 Å². The SMILES string of the molecule is NC(=O)C1(O)CCCN(C(=O)[C@@H]2CCCN2C(=O)Nc2ccccc2)C1. The van der Waals surface area contributed by atoms with Gasteiger partial charge in [0.2, 0.25) is 5.91 Å². The topological polar surface area (TPSA) is 116 Å². The second-order valence-electron chi connectivity index (χ2n) is 6.91. The summed E-state index contributed by atoms with van der Waals surface area (Å²) in [6.07, 6.45) is 2.03. The average Bonchev–Trinajstić information content (AvgIpc) is 3.11. The molecule has 1 unspecified atom stereocenters. The predicted octanol–water partition coefficient (Wildman–Crippen LogP) is 0.522. The van der Waals surface area contributed by atoms with Gasteiger partial charge < -0.3 is 26.0 Å². The van der Waals surface area contributed by atoms with E-state index in [0.29, 0.717) is 31.6 Å². The van der Waals surface area contributed by atoms with Gasteiger partial charge in [0.25, 0.3) is 5.91 Å². The van der Waals surface area contributed by atoms with Gasteiger partial charge in [-0.15, -0.1) is 0 Å². The van der Waals surface area contributed by atoms with E-state index in [1.54, 1.807) is 12.1 Å². The Balaban J connectivity index is 1.68. The number of amides is 4. The van der Waals surface area contributed by atoms with Crippen LogP contribution in [0.25, 0.3) is 0 Å². The number of nitrogens with zero attached hydrogens (tertiary/aromatic N) is 2. The number of hydrogen-bond acceptors (Lipinski definition) is 4. The first-order chi connectivity index (χ1) is 12.4. The molecule has 0 radical (unpaired) electrons. The molecule has 0 aromatic heterocycles. The van der Waals surface area contributed by atoms with Crippen molar-refractivity contribution in [3.8, 4) is 0 Å². The van der Waals surface area contributed by atoms with Gasteiger partial charge in [0.1, 0.15) is 6.04 Å². The minimum Gasteiger partial charge on any atom is -0.378 e. The van der Waals surface area contributed by atoms with Crippen LogP contribution >= 0.6 is 0 Å². The molecule has 0 aliphatic carbocycles. The second kappa shape index (κ2) is 7.33. The van der Waals surface area contributed by atoms with Crippen molar-refractivity contribution in [1.82, 2.24) is 9.80 Å². The maximum absolute atomic E-state index is 12.9. The number of benzene rings is 1. The molecule has 0 saturated carbocycles. The minimum absolute atomic E-state index is 0.119. The molecule has 2 heterocycles. The van der Waals surface area contributed by atoms with Crippen LogP contribution in [0.1, 0.15) is 25.7 Å². The lowest BCUT2D eigenvalue weighted by Gasteiger charge is -2.39. The van der Waals surface area contributed by atoms with E-state index in [4.69, 9.17) is 5.73 Å². The molecule has 2 fully saturated rings. The fraction of sp³-hybridized carbons (Fsp3) is 0.500. The van der Waals surface area contributed by atoms with E-state index in [2.05, 4.69) is 5.32 Å². The summed E-state index contributed by atoms with van der Waals surface area (Å²) < 4.78 is 0. The maximum atomic E-state index is 12.9. The molecule has 0 bridgehead atoms. The number of primary amides is 1. The first-order valence-electron chi connectivity index (χ1n) is 8.84. The van der Waals surface area contributed by atoms with Gasteiger partial charge in [-0.1, -0.05) is 18.2 Å². The number of anilines is 1. The van der Waals surface area contributed by atoms with Gasteiger partial charge in [0.05, 0.1) is 6.54 Å². The zero-order chi connectivity index (χ0) is 18.7. The van der Waals surface area contributed by atoms with Crippen molar-refractivity contribution >= 4 is 23.5 Å². The summed E-state index contributed by atoms with van der Waals surface area (Å²) in [5.41, 5.74) is 4.25. The van der Waals surface area contributed by atoms with Gasteiger partial charge in [-0.2, -0.15) is 0 Å². The lowest BCUT2D eigenvalue weighted by Crippen LogP contribution is -2.59. The average molecular weight is 360 g/mol. The number of aliphatic hydroxyl groups is 1. The van der Waals surface area contributed by atoms with E-state index < -0.39 is 17.6 Å². The van der Waals surface area contributed by atoms with Gasteiger partial charge in [0.15, 0.2) is 5.60 Å². The number of carbonyl (C=O) groups excluding carboxylic acids is 3. The normalized spacial score (nSPS) is 25.8. The van der Waals surface area contributed by atoms with Gasteiger partial charge in [0, 0.05) is 18.8 Å². The Labute approximate surface area is 151 Å². The molecule has 2 aliphatic rings. The summed E-state index contributed by atoms with van der Waals surface area (Å²) in [4.78, 5) is 40.0. The zero-order valence-corrected chi connectivity index (χ0v) is 14.6. The number of hydrogen-bond donors (Lipinski definition) is 3. The number of β-amino-alcohol motifs (C(OH)–C–C–N with tert-alkyl or cyclic N) is 1. The molecule has 4 amide bonds. The van der Waals surface area contributed by atoms with Crippen LogP contribution in [0.15, 0.2) is 30.3 Å². The first kappa shape index (κ1) is 18.2. The zero-order valence-electron chi connectivity index (χ0n) is 14.6. The first-order valence-corrected chi connectivity index (χ1v) is 8.84. The number of piperidine rings is 1. The molecule has 3 rings (SSSR count). The molecule has 1 aromatic rings. The van der Waals surface area contributed by atoms with E-state index in [1.165, 1.54) is 9.80 Å². The fourth-order valence-corrected chi connectivity index (χ4v) is 3.62. The highest BCUT2D eigenvalue weighted by Gasteiger charge is 2.43. The van der Waals surface area contributed by atoms with Crippen LogP contribution in [-0.2, 0) is 9.59 Å². The number of nitrogens with one attached hydrogen (secondary N) is 1. The summed E-state index contributed by atoms with van der Waals surface area (Å²) >= 11 is 0. The quantitative estimate of drug-likeness (QED) is 0.729. The van der Waals surface area contributed by atoms with Gasteiger partial charge in [-0.05, 0) is 37.8 Å². The van der Waals surface area contributed by atoms with Gasteiger partial charge in [-0.25, -0.2) is 4.79 Å². The van der Waals surface area contributed by atoms with Crippen molar-refractivity contribution in [2.24, 2.45) is 5.73 Å². The Hall–Kier alpha value is -2.61. The van der Waals surface area contributed by atoms with Crippen LogP contribution in [0, 0.1) is 0 Å². The Morgan fingerprint density at radius 1 is 1.15 bits per heavy atom. The molecule has 26 heavy (non-hydrogen) atoms. The Morgan fingerprint density at radius 3 is 2.58 bits per heavy atom. The number of nitrogens with two attached hydrogens (primary N) is 1. The van der Waals surface area contributed by atoms with E-state index >= 15 is 0 Å². The van der Waals surface area contributed by atoms with E-state index in [1.807, 2.05) is 18.2 Å². The van der Waals surface area contributed by atoms with Crippen LogP contribution in [0.2, 0.25) is 0 Å². The molecule has 1 aromatic carbocycles. The molecule has 8 nitrogen and oxygen atoms in total. The number of likely N-dealkylation sites (tertiary alicyclic amines) is 2. The van der Waals surface area contributed by atoms with Gasteiger partial charge in [-0.3, -0.25) is 9.59 Å². The fourth-order valence-electron chi connectivity index (χ4n) is 3.62. The van der Waals surface area contributed by atoms with E-state index in [-0.39, 0.29) is 24.9 Å². The molecule has 2 aliphatic heterocycles. The Morgan fingerprint density at radius 2 is 1.88 bits per heavy atom. The standard InChI is InChI=1S/C18H24N4O4/c19-16(24)18(26)9-5-10-21(12-18)15(23)14-8-4-11-22(14)17(25)20-13-6-2-1-3-7-13/h1-3,6-7,14,26H,4-5,8-12H2,(H2,19,24)(H,20,25)/t14-,18?/m0/s1. The molecule has 4 N–H and O–H groups in total. The Kier molecular flexibility index (Phi) is 5.13. The molecule has 0 spiro atoms. The van der Waals surface area contributed by atoms with Crippen LogP contribution in [0.3, 0.4) is 0 Å². The van der Waals surface area contributed by atoms with Crippen molar-refractivity contribution in [1.29, 1.82) is 0 Å². The number of para-hydroxylation sites is 1. The molecule has 2 atom stereocenters. The monoisotopic (exact) mass is 360 g/mol. The highest BCUT2D eigenvalue weighted by atomic mass is 16.3. The molecular weight excluding hydrogens is 336 g/mol. The summed E-state index contributed by atoms with van der Waals surface area (Å²) in [6, 6.07) is 8.14. The highest BCUT2D eigenvalue weighted by molar-refractivity contribution is 5.94. The maximum Gasteiger partial charge on any atom is 0.322 e. The van der Waals surface area contributed by atoms with Crippen molar-refractivity contribution in [3.63, 3.8) is 0 Å². The smallest absolute Gasteiger partial charge is 0.322 e. The van der Waals surface area contributed by atoms with Crippen LogP contribution in [0.5, 0.6) is 0 Å². The molecule has 140 valence electrons. The summed E-state index contributed by atoms with van der Waals surface area (Å²) in [6.45, 7) is 0.813. The lowest BCUT2D eigenvalue weighted by atomic mass is 9.91. The lowest BCUT2D eigenvalue weighted by molar-refractivity contribution is -0.150. The number of rotatable bonds is 3. The summed E-state index contributed by atoms with van der Waals surface area (Å²) in [5.74, 6) is -1.06. The van der Waals surface area contributed by atoms with E-state index in [9.17, 15) is 19.5 Å². The van der Waals surface area contributed by atoms with E-state index in [0.717, 1.165) is 6.42 Å². The Bertz CT molecular complexity index is 696. The van der Waals surface area contributed by atoms with Crippen LogP contribution < -0.4 is 11.1 Å². The van der Waals surface area contributed by atoms with Gasteiger partial charge >= 0.3 is 6.03 Å². The molecular formula is C18H24N4O4. The second-order valence-corrected chi connectivity index (χ2v) is 6.91. The molecule has 2 saturated heterocycles.